The number of alkyl halides is 2. The monoisotopic (exact) mass is 450 g/mol. The maximum atomic E-state index is 13.2. The van der Waals surface area contributed by atoms with Gasteiger partial charge in [0.05, 0.1) is 23.1 Å². The van der Waals surface area contributed by atoms with Crippen molar-refractivity contribution in [1.82, 2.24) is 14.5 Å². The molecule has 0 amide bonds. The van der Waals surface area contributed by atoms with Gasteiger partial charge in [-0.05, 0) is 50.8 Å². The molecule has 0 saturated carbocycles. The number of para-hydroxylation sites is 1. The van der Waals surface area contributed by atoms with E-state index in [1.807, 2.05) is 38.1 Å². The van der Waals surface area contributed by atoms with Crippen LogP contribution in [0, 0.1) is 23.2 Å². The van der Waals surface area contributed by atoms with E-state index in [9.17, 15) is 13.6 Å². The molecule has 0 aliphatic heterocycles. The molecule has 1 heterocycles. The van der Waals surface area contributed by atoms with Crippen LogP contribution in [0.15, 0.2) is 36.4 Å². The molecule has 0 aliphatic rings. The van der Waals surface area contributed by atoms with Crippen molar-refractivity contribution >= 4 is 17.3 Å². The molecule has 0 aliphatic carbocycles. The van der Waals surface area contributed by atoms with Gasteiger partial charge in [-0.2, -0.15) is 14.0 Å². The molecule has 0 radical (unpaired) electrons. The first-order chi connectivity index (χ1) is 15.9. The molecule has 33 heavy (non-hydrogen) atoms. The number of rotatable bonds is 8. The second kappa shape index (κ2) is 10.7. The lowest BCUT2D eigenvalue weighted by molar-refractivity contribution is -0.0498. The van der Waals surface area contributed by atoms with Gasteiger partial charge < -0.3 is 4.74 Å². The van der Waals surface area contributed by atoms with Gasteiger partial charge in [0.25, 0.3) is 0 Å². The van der Waals surface area contributed by atoms with Crippen LogP contribution >= 0.6 is 0 Å². The number of fused-ring (bicyclic) bond motifs is 1. The molecule has 0 spiro atoms. The SMILES string of the molecule is CCC(c1nc2ccc(C#CCCC#N)cc2n1-c1c(C=O)cccc1OC(F)F)N(C)C. The van der Waals surface area contributed by atoms with Crippen LogP contribution in [0.5, 0.6) is 5.75 Å². The lowest BCUT2D eigenvalue weighted by Crippen LogP contribution is -2.23. The molecule has 1 atom stereocenters. The first-order valence-corrected chi connectivity index (χ1v) is 10.5. The Labute approximate surface area is 191 Å². The quantitative estimate of drug-likeness (QED) is 0.271. The number of imidazole rings is 1. The van der Waals surface area contributed by atoms with Gasteiger partial charge in [0.15, 0.2) is 12.0 Å². The summed E-state index contributed by atoms with van der Waals surface area (Å²) < 4.78 is 33.0. The number of carbonyl (C=O) groups is 1. The van der Waals surface area contributed by atoms with Crippen molar-refractivity contribution in [2.24, 2.45) is 0 Å². The van der Waals surface area contributed by atoms with Crippen molar-refractivity contribution < 1.29 is 18.3 Å². The molecule has 0 saturated heterocycles. The summed E-state index contributed by atoms with van der Waals surface area (Å²) in [7, 11) is 3.82. The third-order valence-electron chi connectivity index (χ3n) is 5.18. The van der Waals surface area contributed by atoms with Crippen molar-refractivity contribution in [3.05, 3.63) is 53.3 Å². The van der Waals surface area contributed by atoms with E-state index in [-0.39, 0.29) is 23.0 Å². The minimum absolute atomic E-state index is 0.116. The fourth-order valence-electron chi connectivity index (χ4n) is 3.76. The molecule has 6 nitrogen and oxygen atoms in total. The van der Waals surface area contributed by atoms with Crippen LogP contribution in [0.2, 0.25) is 0 Å². The predicted molar refractivity (Wildman–Crippen MR) is 122 cm³/mol. The van der Waals surface area contributed by atoms with Crippen molar-refractivity contribution in [3.8, 4) is 29.3 Å². The third kappa shape index (κ3) is 5.19. The molecular weight excluding hydrogens is 426 g/mol. The molecule has 170 valence electrons. The number of carbonyl (C=O) groups excluding carboxylic acids is 1. The zero-order valence-electron chi connectivity index (χ0n) is 18.7. The van der Waals surface area contributed by atoms with Gasteiger partial charge in [-0.25, -0.2) is 4.98 Å². The Kier molecular flexibility index (Phi) is 7.76. The average Bonchev–Trinajstić information content (AvgIpc) is 3.14. The Morgan fingerprint density at radius 3 is 2.67 bits per heavy atom. The summed E-state index contributed by atoms with van der Waals surface area (Å²) in [6.45, 7) is -1.05. The highest BCUT2D eigenvalue weighted by molar-refractivity contribution is 5.87. The zero-order chi connectivity index (χ0) is 24.0. The number of ether oxygens (including phenoxy) is 1. The van der Waals surface area contributed by atoms with E-state index < -0.39 is 6.61 Å². The Bertz CT molecular complexity index is 1250. The van der Waals surface area contributed by atoms with Crippen LogP contribution < -0.4 is 4.74 Å². The van der Waals surface area contributed by atoms with Gasteiger partial charge in [0, 0.05) is 24.0 Å². The lowest BCUT2D eigenvalue weighted by Gasteiger charge is -2.25. The third-order valence-corrected chi connectivity index (χ3v) is 5.18. The summed E-state index contributed by atoms with van der Waals surface area (Å²) >= 11 is 0. The summed E-state index contributed by atoms with van der Waals surface area (Å²) in [6.07, 6.45) is 2.09. The summed E-state index contributed by atoms with van der Waals surface area (Å²) in [4.78, 5) is 18.7. The van der Waals surface area contributed by atoms with Crippen molar-refractivity contribution in [2.45, 2.75) is 38.8 Å². The van der Waals surface area contributed by atoms with E-state index in [2.05, 4.69) is 17.9 Å². The number of hydrogen-bond donors (Lipinski definition) is 0. The standard InChI is InChI=1S/C25H24F2N4O2/c1-4-20(30(2)3)24-29-19-13-12-17(9-6-5-7-14-28)15-21(19)31(24)23-18(16-32)10-8-11-22(23)33-25(26)27/h8,10-13,15-16,20,25H,4-5,7H2,1-3H3. The highest BCUT2D eigenvalue weighted by atomic mass is 19.3. The smallest absolute Gasteiger partial charge is 0.387 e. The normalized spacial score (nSPS) is 11.8. The molecule has 0 fully saturated rings. The van der Waals surface area contributed by atoms with E-state index in [1.165, 1.54) is 12.1 Å². The van der Waals surface area contributed by atoms with Crippen LogP contribution in [0.4, 0.5) is 8.78 Å². The maximum Gasteiger partial charge on any atom is 0.387 e. The molecule has 0 N–H and O–H groups in total. The minimum atomic E-state index is -3.05. The predicted octanol–water partition coefficient (Wildman–Crippen LogP) is 5.11. The second-order valence-electron chi connectivity index (χ2n) is 7.55. The number of aromatic nitrogens is 2. The lowest BCUT2D eigenvalue weighted by atomic mass is 10.1. The van der Waals surface area contributed by atoms with Gasteiger partial charge in [-0.15, -0.1) is 0 Å². The molecule has 1 unspecified atom stereocenters. The number of aldehydes is 1. The highest BCUT2D eigenvalue weighted by Crippen LogP contribution is 2.35. The van der Waals surface area contributed by atoms with E-state index in [1.54, 1.807) is 16.7 Å². The Morgan fingerprint density at radius 1 is 1.24 bits per heavy atom. The molecule has 3 aromatic rings. The van der Waals surface area contributed by atoms with Crippen LogP contribution in [-0.2, 0) is 0 Å². The molecule has 1 aromatic heterocycles. The van der Waals surface area contributed by atoms with Crippen molar-refractivity contribution in [3.63, 3.8) is 0 Å². The number of nitrogens with zero attached hydrogens (tertiary/aromatic N) is 4. The molecular formula is C25H24F2N4O2. The molecule has 0 bridgehead atoms. The number of hydrogen-bond acceptors (Lipinski definition) is 5. The first-order valence-electron chi connectivity index (χ1n) is 10.5. The Hall–Kier alpha value is -3.75. The van der Waals surface area contributed by atoms with Crippen LogP contribution in [0.3, 0.4) is 0 Å². The van der Waals surface area contributed by atoms with Crippen LogP contribution in [-0.4, -0.2) is 41.4 Å². The minimum Gasteiger partial charge on any atom is -0.433 e. The van der Waals surface area contributed by atoms with Gasteiger partial charge in [0.2, 0.25) is 0 Å². The van der Waals surface area contributed by atoms with Crippen LogP contribution in [0.25, 0.3) is 16.7 Å². The zero-order valence-corrected chi connectivity index (χ0v) is 18.7. The summed E-state index contributed by atoms with van der Waals surface area (Å²) in [5.41, 5.74) is 2.35. The number of unbranched alkanes of at least 4 members (excludes halogenated alkanes) is 1. The number of nitriles is 1. The van der Waals surface area contributed by atoms with Gasteiger partial charge in [-0.1, -0.05) is 24.8 Å². The second-order valence-corrected chi connectivity index (χ2v) is 7.55. The molecule has 3 rings (SSSR count). The van der Waals surface area contributed by atoms with Crippen LogP contribution in [0.1, 0.15) is 54.0 Å². The van der Waals surface area contributed by atoms with Gasteiger partial charge in [0.1, 0.15) is 11.5 Å². The Morgan fingerprint density at radius 2 is 2.03 bits per heavy atom. The van der Waals surface area contributed by atoms with Gasteiger partial charge in [-0.3, -0.25) is 14.3 Å². The topological polar surface area (TPSA) is 71.1 Å². The first kappa shape index (κ1) is 23.9. The summed E-state index contributed by atoms with van der Waals surface area (Å²) in [5, 5.41) is 8.70. The van der Waals surface area contributed by atoms with E-state index >= 15 is 0 Å². The number of halogens is 2. The summed E-state index contributed by atoms with van der Waals surface area (Å²) in [6, 6.07) is 11.8. The van der Waals surface area contributed by atoms with E-state index in [4.69, 9.17) is 15.0 Å². The highest BCUT2D eigenvalue weighted by Gasteiger charge is 2.26. The largest absolute Gasteiger partial charge is 0.433 e. The van der Waals surface area contributed by atoms with Crippen molar-refractivity contribution in [2.75, 3.05) is 14.1 Å². The summed E-state index contributed by atoms with van der Waals surface area (Å²) in [5.74, 6) is 6.46. The van der Waals surface area contributed by atoms with E-state index in [0.717, 1.165) is 0 Å². The molecule has 8 heteroatoms. The molecule has 2 aromatic carbocycles. The van der Waals surface area contributed by atoms with E-state index in [0.29, 0.717) is 48.0 Å². The Balaban J connectivity index is 2.35. The fourth-order valence-corrected chi connectivity index (χ4v) is 3.76. The van der Waals surface area contributed by atoms with Crippen molar-refractivity contribution in [1.29, 1.82) is 5.26 Å². The average molecular weight is 450 g/mol. The number of benzene rings is 2. The fraction of sp³-hybridized carbons (Fsp3) is 0.320. The maximum absolute atomic E-state index is 13.2. The van der Waals surface area contributed by atoms with Gasteiger partial charge >= 0.3 is 6.61 Å².